The first kappa shape index (κ1) is 16.0. The molecular weight excluding hydrogens is 227 g/mol. The van der Waals surface area contributed by atoms with Gasteiger partial charge in [0.1, 0.15) is 6.61 Å². The Hall–Kier alpha value is 0.552. The molecule has 13 heavy (non-hydrogen) atoms. The van der Waals surface area contributed by atoms with Crippen LogP contribution in [0.5, 0.6) is 0 Å². The molecule has 0 aliphatic carbocycles. The van der Waals surface area contributed by atoms with E-state index >= 15 is 0 Å². The number of hydrogen-bond acceptors (Lipinski definition) is 3. The average molecular weight is 244 g/mol. The van der Waals surface area contributed by atoms with Crippen LogP contribution in [0, 0.1) is 0 Å². The fourth-order valence-electron chi connectivity index (χ4n) is 1.02. The minimum absolute atomic E-state index is 0. The van der Waals surface area contributed by atoms with E-state index < -0.39 is 8.25 Å². The molecule has 5 heteroatoms. The summed E-state index contributed by atoms with van der Waals surface area (Å²) in [6.45, 7) is 2.52. The predicted octanol–water partition coefficient (Wildman–Crippen LogP) is 2.38. The molecule has 0 saturated carbocycles. The van der Waals surface area contributed by atoms with Crippen LogP contribution >= 0.6 is 8.25 Å². The Balaban J connectivity index is 0. The molecule has 0 aromatic heterocycles. The molecular formula is C8H17CrO3P+2. The third kappa shape index (κ3) is 15.3. The van der Waals surface area contributed by atoms with E-state index in [1.807, 2.05) is 0 Å². The van der Waals surface area contributed by atoms with Crippen LogP contribution in [0.15, 0.2) is 0 Å². The summed E-state index contributed by atoms with van der Waals surface area (Å²) in [5, 5.41) is 0. The molecule has 0 heterocycles. The molecule has 0 bridgehead atoms. The van der Waals surface area contributed by atoms with Crippen LogP contribution in [0.1, 0.15) is 45.4 Å². The maximum atomic E-state index is 9.95. The Morgan fingerprint density at radius 3 is 2.23 bits per heavy atom. The van der Waals surface area contributed by atoms with E-state index in [0.29, 0.717) is 6.61 Å². The summed E-state index contributed by atoms with van der Waals surface area (Å²) in [5.74, 6) is 0. The van der Waals surface area contributed by atoms with Crippen molar-refractivity contribution < 1.29 is 31.3 Å². The summed E-state index contributed by atoms with van der Waals surface area (Å²) in [6.07, 6.45) is 6.88. The van der Waals surface area contributed by atoms with Crippen LogP contribution in [0.2, 0.25) is 0 Å². The Morgan fingerprint density at radius 1 is 1.15 bits per heavy atom. The predicted molar refractivity (Wildman–Crippen MR) is 46.9 cm³/mol. The maximum Gasteiger partial charge on any atom is 2.00 e. The summed E-state index contributed by atoms with van der Waals surface area (Å²) in [7, 11) is -2.63. The maximum absolute atomic E-state index is 9.95. The van der Waals surface area contributed by atoms with Crippen molar-refractivity contribution in [2.75, 3.05) is 6.61 Å². The number of hydrogen-bond donors (Lipinski definition) is 0. The average Bonchev–Trinajstić information content (AvgIpc) is 2.02. The van der Waals surface area contributed by atoms with Crippen LogP contribution in [0.4, 0.5) is 0 Å². The van der Waals surface area contributed by atoms with Crippen LogP contribution in [0.25, 0.3) is 0 Å². The minimum Gasteiger partial charge on any atom is -0.566 e. The van der Waals surface area contributed by atoms with Gasteiger partial charge in [-0.3, -0.25) is 0 Å². The third-order valence-corrected chi connectivity index (χ3v) is 2.09. The van der Waals surface area contributed by atoms with E-state index in [2.05, 4.69) is 11.4 Å². The van der Waals surface area contributed by atoms with Gasteiger partial charge in [0.15, 0.2) is 0 Å². The van der Waals surface area contributed by atoms with Crippen molar-refractivity contribution in [2.45, 2.75) is 45.4 Å². The molecule has 0 fully saturated rings. The molecule has 0 rings (SSSR count). The van der Waals surface area contributed by atoms with Gasteiger partial charge < -0.3 is 4.89 Å². The van der Waals surface area contributed by atoms with Gasteiger partial charge in [-0.05, 0) is 11.0 Å². The van der Waals surface area contributed by atoms with Crippen LogP contribution in [0.3, 0.4) is 0 Å². The summed E-state index contributed by atoms with van der Waals surface area (Å²) < 4.78 is 14.4. The smallest absolute Gasteiger partial charge is 0.566 e. The number of unbranched alkanes of at least 4 members (excludes halogenated alkanes) is 5. The van der Waals surface area contributed by atoms with Crippen molar-refractivity contribution in [3.05, 3.63) is 0 Å². The van der Waals surface area contributed by atoms with Gasteiger partial charge in [0.25, 0.3) is 0 Å². The summed E-state index contributed by atoms with van der Waals surface area (Å²) in [6, 6.07) is 0. The molecule has 0 spiro atoms. The first-order valence-corrected chi connectivity index (χ1v) is 5.64. The molecule has 76 valence electrons. The Kier molecular flexibility index (Phi) is 15.4. The fourth-order valence-corrected chi connectivity index (χ4v) is 1.30. The van der Waals surface area contributed by atoms with E-state index in [1.165, 1.54) is 25.7 Å². The van der Waals surface area contributed by atoms with E-state index in [0.717, 1.165) is 12.8 Å². The SMILES string of the molecule is CCCCCCCCO[P+](=O)[O-].[Cr+2]. The third-order valence-electron chi connectivity index (χ3n) is 1.69. The zero-order valence-electron chi connectivity index (χ0n) is 8.03. The normalized spacial score (nSPS) is 10.8. The second-order valence-corrected chi connectivity index (χ2v) is 3.53. The zero-order valence-corrected chi connectivity index (χ0v) is 10.2. The molecule has 0 amide bonds. The summed E-state index contributed by atoms with van der Waals surface area (Å²) in [4.78, 5) is 9.95. The molecule has 1 atom stereocenters. The van der Waals surface area contributed by atoms with Gasteiger partial charge in [-0.15, -0.1) is 4.52 Å². The van der Waals surface area contributed by atoms with Crippen molar-refractivity contribution in [2.24, 2.45) is 0 Å². The largest absolute Gasteiger partial charge is 2.00 e. The monoisotopic (exact) mass is 244 g/mol. The molecule has 0 radical (unpaired) electrons. The second kappa shape index (κ2) is 12.6. The van der Waals surface area contributed by atoms with E-state index in [1.54, 1.807) is 0 Å². The van der Waals surface area contributed by atoms with Gasteiger partial charge in [-0.2, -0.15) is 0 Å². The van der Waals surface area contributed by atoms with Crippen molar-refractivity contribution >= 4 is 8.25 Å². The van der Waals surface area contributed by atoms with Gasteiger partial charge in [-0.1, -0.05) is 39.0 Å². The zero-order chi connectivity index (χ0) is 9.23. The van der Waals surface area contributed by atoms with Gasteiger partial charge >= 0.3 is 25.6 Å². The van der Waals surface area contributed by atoms with Gasteiger partial charge in [0, 0.05) is 0 Å². The van der Waals surface area contributed by atoms with Crippen LogP contribution < -0.4 is 4.89 Å². The van der Waals surface area contributed by atoms with Crippen molar-refractivity contribution in [1.29, 1.82) is 0 Å². The molecule has 0 aliphatic rings. The van der Waals surface area contributed by atoms with Crippen molar-refractivity contribution in [1.82, 2.24) is 0 Å². The van der Waals surface area contributed by atoms with Gasteiger partial charge in [0.2, 0.25) is 0 Å². The molecule has 0 aromatic rings. The quantitative estimate of drug-likeness (QED) is 0.486. The van der Waals surface area contributed by atoms with Gasteiger partial charge in [0.05, 0.1) is 0 Å². The molecule has 0 N–H and O–H groups in total. The van der Waals surface area contributed by atoms with E-state index in [9.17, 15) is 9.46 Å². The Bertz CT molecular complexity index is 122. The molecule has 0 aliphatic heterocycles. The van der Waals surface area contributed by atoms with Crippen LogP contribution in [-0.4, -0.2) is 6.61 Å². The second-order valence-electron chi connectivity index (χ2n) is 2.82. The molecule has 1 unspecified atom stereocenters. The van der Waals surface area contributed by atoms with Gasteiger partial charge in [-0.25, -0.2) is 0 Å². The fraction of sp³-hybridized carbons (Fsp3) is 1.00. The topological polar surface area (TPSA) is 49.4 Å². The van der Waals surface area contributed by atoms with E-state index in [4.69, 9.17) is 0 Å². The van der Waals surface area contributed by atoms with E-state index in [-0.39, 0.29) is 17.4 Å². The molecule has 0 saturated heterocycles. The standard InChI is InChI=1S/C8H17O3P.Cr/c1-2-3-4-5-6-7-8-11-12(9)10;/h2-8H2,1H3;/q;+2. The molecule has 0 aromatic carbocycles. The summed E-state index contributed by atoms with van der Waals surface area (Å²) >= 11 is 0. The first-order valence-electron chi connectivity index (χ1n) is 4.54. The van der Waals surface area contributed by atoms with Crippen molar-refractivity contribution in [3.8, 4) is 0 Å². The Labute approximate surface area is 92.0 Å². The summed E-state index contributed by atoms with van der Waals surface area (Å²) in [5.41, 5.74) is 0. The minimum atomic E-state index is -2.63. The first-order chi connectivity index (χ1) is 5.77. The van der Waals surface area contributed by atoms with Crippen molar-refractivity contribution in [3.63, 3.8) is 0 Å². The molecule has 3 nitrogen and oxygen atoms in total. The Morgan fingerprint density at radius 2 is 1.69 bits per heavy atom. The van der Waals surface area contributed by atoms with Crippen LogP contribution in [-0.2, 0) is 26.4 Å². The number of rotatable bonds is 8.